The third-order valence-corrected chi connectivity index (χ3v) is 4.52. The molecule has 0 spiro atoms. The third kappa shape index (κ3) is 1.73. The number of nitrogens with zero attached hydrogens (tertiary/aromatic N) is 1. The second-order valence-electron chi connectivity index (χ2n) is 4.05. The number of hydrogen-bond donors (Lipinski definition) is 1. The molecule has 0 bridgehead atoms. The summed E-state index contributed by atoms with van der Waals surface area (Å²) < 4.78 is 5.53. The Morgan fingerprint density at radius 2 is 2.38 bits per heavy atom. The van der Waals surface area contributed by atoms with Crippen molar-refractivity contribution in [2.45, 2.75) is 18.6 Å². The smallest absolute Gasteiger partial charge is 0.0674 e. The van der Waals surface area contributed by atoms with E-state index in [2.05, 4.69) is 11.8 Å². The third-order valence-electron chi connectivity index (χ3n) is 3.03. The van der Waals surface area contributed by atoms with E-state index in [1.54, 1.807) is 0 Å². The predicted octanol–water partition coefficient (Wildman–Crippen LogP) is 0.151. The van der Waals surface area contributed by atoms with E-state index in [9.17, 15) is 0 Å². The molecule has 2 rings (SSSR count). The molecule has 0 aromatic rings. The zero-order chi connectivity index (χ0) is 9.31. The number of morpholine rings is 1. The highest BCUT2D eigenvalue weighted by Crippen LogP contribution is 2.35. The summed E-state index contributed by atoms with van der Waals surface area (Å²) in [7, 11) is 0. The summed E-state index contributed by atoms with van der Waals surface area (Å²) in [6.07, 6.45) is 0.378. The molecule has 2 fully saturated rings. The summed E-state index contributed by atoms with van der Waals surface area (Å²) in [6.45, 7) is 5.92. The maximum atomic E-state index is 5.85. The largest absolute Gasteiger partial charge is 0.376 e. The van der Waals surface area contributed by atoms with E-state index >= 15 is 0 Å². The number of nitrogens with two attached hydrogens (primary N) is 1. The molecule has 2 aliphatic rings. The molecule has 1 unspecified atom stereocenters. The standard InChI is InChI=1S/C9H18N2OS/c1-8-4-11(2-3-12-8)9(5-10)6-13-7-9/h8H,2-7,10H2,1H3. The molecule has 2 saturated heterocycles. The van der Waals surface area contributed by atoms with Crippen molar-refractivity contribution in [3.8, 4) is 0 Å². The van der Waals surface area contributed by atoms with Crippen molar-refractivity contribution in [3.05, 3.63) is 0 Å². The Bertz CT molecular complexity index is 179. The Morgan fingerprint density at radius 3 is 2.85 bits per heavy atom. The fraction of sp³-hybridized carbons (Fsp3) is 1.00. The highest BCUT2D eigenvalue weighted by atomic mass is 32.2. The lowest BCUT2D eigenvalue weighted by atomic mass is 10.00. The summed E-state index contributed by atoms with van der Waals surface area (Å²) >= 11 is 2.00. The van der Waals surface area contributed by atoms with Gasteiger partial charge >= 0.3 is 0 Å². The van der Waals surface area contributed by atoms with Gasteiger partial charge in [0, 0.05) is 31.1 Å². The zero-order valence-electron chi connectivity index (χ0n) is 8.16. The molecule has 0 aromatic heterocycles. The van der Waals surface area contributed by atoms with Crippen LogP contribution < -0.4 is 5.73 Å². The Labute approximate surface area is 84.0 Å². The summed E-state index contributed by atoms with van der Waals surface area (Å²) in [4.78, 5) is 2.53. The molecule has 2 heterocycles. The Kier molecular flexibility index (Phi) is 2.83. The first-order valence-corrected chi connectivity index (χ1v) is 6.07. The first kappa shape index (κ1) is 9.77. The van der Waals surface area contributed by atoms with Crippen molar-refractivity contribution >= 4 is 11.8 Å². The summed E-state index contributed by atoms with van der Waals surface area (Å²) in [6, 6.07) is 0. The molecule has 2 N–H and O–H groups in total. The monoisotopic (exact) mass is 202 g/mol. The van der Waals surface area contributed by atoms with E-state index in [4.69, 9.17) is 10.5 Å². The van der Waals surface area contributed by atoms with Gasteiger partial charge in [0.1, 0.15) is 0 Å². The normalized spacial score (nSPS) is 34.2. The molecule has 3 nitrogen and oxygen atoms in total. The van der Waals surface area contributed by atoms with Crippen LogP contribution in [-0.4, -0.2) is 54.3 Å². The minimum Gasteiger partial charge on any atom is -0.376 e. The van der Waals surface area contributed by atoms with Gasteiger partial charge in [-0.15, -0.1) is 0 Å². The van der Waals surface area contributed by atoms with Crippen LogP contribution in [0.5, 0.6) is 0 Å². The van der Waals surface area contributed by atoms with E-state index in [0.29, 0.717) is 11.6 Å². The lowest BCUT2D eigenvalue weighted by Crippen LogP contribution is -2.65. The molecule has 1 atom stereocenters. The number of rotatable bonds is 2. The highest BCUT2D eigenvalue weighted by molar-refractivity contribution is 8.00. The zero-order valence-corrected chi connectivity index (χ0v) is 8.98. The van der Waals surface area contributed by atoms with Crippen LogP contribution in [0, 0.1) is 0 Å². The predicted molar refractivity (Wildman–Crippen MR) is 56.1 cm³/mol. The van der Waals surface area contributed by atoms with Gasteiger partial charge in [0.2, 0.25) is 0 Å². The van der Waals surface area contributed by atoms with Gasteiger partial charge in [-0.3, -0.25) is 4.90 Å². The van der Waals surface area contributed by atoms with E-state index in [-0.39, 0.29) is 0 Å². The van der Waals surface area contributed by atoms with Gasteiger partial charge in [-0.1, -0.05) is 0 Å². The average molecular weight is 202 g/mol. The van der Waals surface area contributed by atoms with E-state index in [1.165, 1.54) is 11.5 Å². The van der Waals surface area contributed by atoms with Crippen molar-refractivity contribution in [3.63, 3.8) is 0 Å². The van der Waals surface area contributed by atoms with Gasteiger partial charge in [0.25, 0.3) is 0 Å². The molecule has 0 aliphatic carbocycles. The highest BCUT2D eigenvalue weighted by Gasteiger charge is 2.43. The van der Waals surface area contributed by atoms with Gasteiger partial charge in [-0.05, 0) is 6.92 Å². The minimum atomic E-state index is 0.308. The molecule has 0 amide bonds. The number of ether oxygens (including phenoxy) is 1. The van der Waals surface area contributed by atoms with Crippen molar-refractivity contribution in [2.24, 2.45) is 5.73 Å². The molecule has 13 heavy (non-hydrogen) atoms. The molecule has 2 aliphatic heterocycles. The van der Waals surface area contributed by atoms with E-state index < -0.39 is 0 Å². The molecule has 76 valence electrons. The molecular weight excluding hydrogens is 184 g/mol. The molecule has 4 heteroatoms. The lowest BCUT2D eigenvalue weighted by molar-refractivity contribution is -0.0518. The van der Waals surface area contributed by atoms with Gasteiger partial charge in [0.05, 0.1) is 18.2 Å². The maximum Gasteiger partial charge on any atom is 0.0674 e. The fourth-order valence-corrected chi connectivity index (χ4v) is 3.29. The molecular formula is C9H18N2OS. The van der Waals surface area contributed by atoms with Crippen molar-refractivity contribution in [2.75, 3.05) is 37.7 Å². The Morgan fingerprint density at radius 1 is 1.62 bits per heavy atom. The van der Waals surface area contributed by atoms with Gasteiger partial charge in [-0.2, -0.15) is 11.8 Å². The molecule has 0 radical (unpaired) electrons. The first-order chi connectivity index (χ1) is 6.27. The Hall–Kier alpha value is 0.230. The second-order valence-corrected chi connectivity index (χ2v) is 5.03. The molecule has 0 saturated carbocycles. The number of hydrogen-bond acceptors (Lipinski definition) is 4. The average Bonchev–Trinajstić information content (AvgIpc) is 2.03. The second kappa shape index (κ2) is 3.77. The number of thioether (sulfide) groups is 1. The summed E-state index contributed by atoms with van der Waals surface area (Å²) in [5.41, 5.74) is 6.16. The fourth-order valence-electron chi connectivity index (χ4n) is 2.02. The Balaban J connectivity index is 1.97. The summed E-state index contributed by atoms with van der Waals surface area (Å²) in [5.74, 6) is 2.41. The van der Waals surface area contributed by atoms with Crippen molar-refractivity contribution in [1.82, 2.24) is 4.90 Å². The van der Waals surface area contributed by atoms with Crippen LogP contribution in [0.15, 0.2) is 0 Å². The van der Waals surface area contributed by atoms with Crippen LogP contribution in [0.1, 0.15) is 6.92 Å². The topological polar surface area (TPSA) is 38.5 Å². The summed E-state index contributed by atoms with van der Waals surface area (Å²) in [5, 5.41) is 0. The lowest BCUT2D eigenvalue weighted by Gasteiger charge is -2.51. The van der Waals surface area contributed by atoms with Crippen LogP contribution in [0.4, 0.5) is 0 Å². The van der Waals surface area contributed by atoms with Crippen LogP contribution in [0.3, 0.4) is 0 Å². The van der Waals surface area contributed by atoms with Gasteiger partial charge in [-0.25, -0.2) is 0 Å². The maximum absolute atomic E-state index is 5.85. The van der Waals surface area contributed by atoms with Crippen LogP contribution in [0.25, 0.3) is 0 Å². The van der Waals surface area contributed by atoms with E-state index in [1.807, 2.05) is 11.8 Å². The van der Waals surface area contributed by atoms with Gasteiger partial charge in [0.15, 0.2) is 0 Å². The van der Waals surface area contributed by atoms with Crippen LogP contribution >= 0.6 is 11.8 Å². The SMILES string of the molecule is CC1CN(C2(CN)CSC2)CCO1. The van der Waals surface area contributed by atoms with Gasteiger partial charge < -0.3 is 10.5 Å². The molecule has 0 aromatic carbocycles. The quantitative estimate of drug-likeness (QED) is 0.692. The first-order valence-electron chi connectivity index (χ1n) is 4.91. The van der Waals surface area contributed by atoms with E-state index in [0.717, 1.165) is 26.2 Å². The van der Waals surface area contributed by atoms with Crippen LogP contribution in [-0.2, 0) is 4.74 Å². The minimum absolute atomic E-state index is 0.308. The van der Waals surface area contributed by atoms with Crippen molar-refractivity contribution in [1.29, 1.82) is 0 Å². The van der Waals surface area contributed by atoms with Crippen LogP contribution in [0.2, 0.25) is 0 Å². The van der Waals surface area contributed by atoms with Crippen molar-refractivity contribution < 1.29 is 4.74 Å².